The maximum atomic E-state index is 12.9. The average Bonchev–Trinajstić information content (AvgIpc) is 2.52. The fraction of sp³-hybridized carbons (Fsp3) is 0.500. The minimum Gasteiger partial charge on any atom is -0.493 e. The number of ketones is 1. The number of rotatable bonds is 3. The van der Waals surface area contributed by atoms with Crippen molar-refractivity contribution in [1.29, 1.82) is 0 Å². The number of hydrogen-bond acceptors (Lipinski definition) is 3. The molecule has 2 aliphatic rings. The van der Waals surface area contributed by atoms with Gasteiger partial charge in [0.15, 0.2) is 0 Å². The van der Waals surface area contributed by atoms with E-state index in [1.165, 1.54) is 30.5 Å². The summed E-state index contributed by atoms with van der Waals surface area (Å²) < 4.78 is 24.2. The van der Waals surface area contributed by atoms with Crippen LogP contribution in [0.25, 0.3) is 0 Å². The number of allylic oxidation sites excluding steroid dienone is 1. The monoisotopic (exact) mass is 304 g/mol. The van der Waals surface area contributed by atoms with Crippen LogP contribution in [0, 0.1) is 23.6 Å². The summed E-state index contributed by atoms with van der Waals surface area (Å²) >= 11 is 0. The van der Waals surface area contributed by atoms with Crippen molar-refractivity contribution >= 4 is 5.78 Å². The van der Waals surface area contributed by atoms with Crippen LogP contribution < -0.4 is 4.74 Å². The second-order valence-corrected chi connectivity index (χ2v) is 6.50. The van der Waals surface area contributed by atoms with Gasteiger partial charge in [0.25, 0.3) is 0 Å². The van der Waals surface area contributed by atoms with Gasteiger partial charge < -0.3 is 9.47 Å². The van der Waals surface area contributed by atoms with Crippen LogP contribution in [0.3, 0.4) is 0 Å². The molecule has 4 heteroatoms. The third-order valence-corrected chi connectivity index (χ3v) is 4.75. The number of carbonyl (C=O) groups is 1. The lowest BCUT2D eigenvalue weighted by atomic mass is 9.73. The standard InChI is InChI=1S/C18H21FO3/c1-11(2)12-3-8-15-16(9-12)21-10-17(18(15)20)22-14-6-4-13(19)5-7-14/h4-7,10-12,15-16H,3,8-9H2,1-2H3. The summed E-state index contributed by atoms with van der Waals surface area (Å²) in [5.41, 5.74) is 0. The zero-order valence-electron chi connectivity index (χ0n) is 12.9. The van der Waals surface area contributed by atoms with Crippen LogP contribution >= 0.6 is 0 Å². The van der Waals surface area contributed by atoms with E-state index in [1.54, 1.807) is 0 Å². The van der Waals surface area contributed by atoms with Crippen molar-refractivity contribution in [3.8, 4) is 5.75 Å². The molecule has 3 atom stereocenters. The zero-order chi connectivity index (χ0) is 15.7. The number of Topliss-reactive ketones (excluding diaryl/α,β-unsaturated/α-hetero) is 1. The number of ether oxygens (including phenoxy) is 2. The van der Waals surface area contributed by atoms with E-state index in [0.717, 1.165) is 19.3 Å². The normalized spacial score (nSPS) is 27.9. The van der Waals surface area contributed by atoms with Crippen LogP contribution in [0.15, 0.2) is 36.3 Å². The van der Waals surface area contributed by atoms with E-state index in [4.69, 9.17) is 9.47 Å². The molecule has 118 valence electrons. The largest absolute Gasteiger partial charge is 0.493 e. The number of benzene rings is 1. The van der Waals surface area contributed by atoms with Gasteiger partial charge in [-0.3, -0.25) is 4.79 Å². The molecule has 1 saturated carbocycles. The van der Waals surface area contributed by atoms with E-state index < -0.39 is 0 Å². The molecule has 3 nitrogen and oxygen atoms in total. The number of hydrogen-bond donors (Lipinski definition) is 0. The molecule has 1 heterocycles. The molecule has 3 unspecified atom stereocenters. The second-order valence-electron chi connectivity index (χ2n) is 6.50. The van der Waals surface area contributed by atoms with Gasteiger partial charge in [-0.15, -0.1) is 0 Å². The van der Waals surface area contributed by atoms with Gasteiger partial charge in [-0.2, -0.15) is 0 Å². The van der Waals surface area contributed by atoms with Crippen molar-refractivity contribution in [3.05, 3.63) is 42.1 Å². The SMILES string of the molecule is CC(C)C1CCC2C(=O)C(Oc3ccc(F)cc3)=COC2C1. The van der Waals surface area contributed by atoms with Gasteiger partial charge in [-0.05, 0) is 55.4 Å². The van der Waals surface area contributed by atoms with Crippen LogP contribution in [-0.2, 0) is 9.53 Å². The Hall–Kier alpha value is -1.84. The Morgan fingerprint density at radius 2 is 1.95 bits per heavy atom. The molecule has 0 bridgehead atoms. The van der Waals surface area contributed by atoms with Gasteiger partial charge in [0.1, 0.15) is 23.9 Å². The molecule has 1 fully saturated rings. The maximum Gasteiger partial charge on any atom is 0.207 e. The summed E-state index contributed by atoms with van der Waals surface area (Å²) in [5.74, 6) is 1.44. The summed E-state index contributed by atoms with van der Waals surface area (Å²) in [6.07, 6.45) is 4.22. The fourth-order valence-electron chi connectivity index (χ4n) is 3.31. The highest BCUT2D eigenvalue weighted by atomic mass is 19.1. The quantitative estimate of drug-likeness (QED) is 0.844. The van der Waals surface area contributed by atoms with E-state index in [0.29, 0.717) is 17.6 Å². The highest BCUT2D eigenvalue weighted by molar-refractivity contribution is 5.96. The summed E-state index contributed by atoms with van der Waals surface area (Å²) in [7, 11) is 0. The van der Waals surface area contributed by atoms with Crippen molar-refractivity contribution in [2.45, 2.75) is 39.2 Å². The average molecular weight is 304 g/mol. The minimum atomic E-state index is -0.334. The molecule has 0 N–H and O–H groups in total. The molecular weight excluding hydrogens is 283 g/mol. The van der Waals surface area contributed by atoms with Crippen LogP contribution in [0.2, 0.25) is 0 Å². The molecule has 1 aromatic rings. The molecule has 0 aromatic heterocycles. The lowest BCUT2D eigenvalue weighted by molar-refractivity contribution is -0.131. The Balaban J connectivity index is 1.70. The lowest BCUT2D eigenvalue weighted by Crippen LogP contribution is -2.41. The highest BCUT2D eigenvalue weighted by Crippen LogP contribution is 2.39. The molecule has 22 heavy (non-hydrogen) atoms. The smallest absolute Gasteiger partial charge is 0.207 e. The van der Waals surface area contributed by atoms with Crippen LogP contribution in [0.5, 0.6) is 5.75 Å². The molecule has 1 aromatic carbocycles. The molecule has 0 amide bonds. The van der Waals surface area contributed by atoms with Gasteiger partial charge >= 0.3 is 0 Å². The highest BCUT2D eigenvalue weighted by Gasteiger charge is 2.41. The van der Waals surface area contributed by atoms with Crippen molar-refractivity contribution < 1.29 is 18.7 Å². The first-order valence-electron chi connectivity index (χ1n) is 7.88. The third-order valence-electron chi connectivity index (χ3n) is 4.75. The Morgan fingerprint density at radius 3 is 2.64 bits per heavy atom. The second kappa shape index (κ2) is 6.11. The predicted octanol–water partition coefficient (Wildman–Crippen LogP) is 4.09. The molecule has 1 aliphatic heterocycles. The predicted molar refractivity (Wildman–Crippen MR) is 80.7 cm³/mol. The van der Waals surface area contributed by atoms with Gasteiger partial charge in [0.2, 0.25) is 11.5 Å². The van der Waals surface area contributed by atoms with Crippen molar-refractivity contribution in [3.63, 3.8) is 0 Å². The van der Waals surface area contributed by atoms with E-state index >= 15 is 0 Å². The van der Waals surface area contributed by atoms with Gasteiger partial charge in [-0.1, -0.05) is 13.8 Å². The molecule has 0 spiro atoms. The first-order chi connectivity index (χ1) is 10.5. The Labute approximate surface area is 130 Å². The Kier molecular flexibility index (Phi) is 4.19. The first kappa shape index (κ1) is 15.1. The minimum absolute atomic E-state index is 0.00258. The van der Waals surface area contributed by atoms with Gasteiger partial charge in [-0.25, -0.2) is 4.39 Å². The Morgan fingerprint density at radius 1 is 1.23 bits per heavy atom. The summed E-state index contributed by atoms with van der Waals surface area (Å²) in [4.78, 5) is 12.6. The van der Waals surface area contributed by atoms with Gasteiger partial charge in [0.05, 0.1) is 5.92 Å². The Bertz CT molecular complexity index is 576. The van der Waals surface area contributed by atoms with E-state index in [-0.39, 0.29) is 29.4 Å². The van der Waals surface area contributed by atoms with Crippen molar-refractivity contribution in [1.82, 2.24) is 0 Å². The summed E-state index contributed by atoms with van der Waals surface area (Å²) in [5, 5.41) is 0. The number of halogens is 1. The lowest BCUT2D eigenvalue weighted by Gasteiger charge is -2.38. The van der Waals surface area contributed by atoms with Crippen LogP contribution in [0.1, 0.15) is 33.1 Å². The third kappa shape index (κ3) is 3.01. The van der Waals surface area contributed by atoms with E-state index in [1.807, 2.05) is 0 Å². The molecule has 0 saturated heterocycles. The van der Waals surface area contributed by atoms with Crippen LogP contribution in [-0.4, -0.2) is 11.9 Å². The van der Waals surface area contributed by atoms with E-state index in [9.17, 15) is 9.18 Å². The first-order valence-corrected chi connectivity index (χ1v) is 7.88. The maximum absolute atomic E-state index is 12.9. The zero-order valence-corrected chi connectivity index (χ0v) is 12.9. The topological polar surface area (TPSA) is 35.5 Å². The molecule has 3 rings (SSSR count). The molecular formula is C18H21FO3. The summed E-state index contributed by atoms with van der Waals surface area (Å²) in [6, 6.07) is 5.62. The fourth-order valence-corrected chi connectivity index (χ4v) is 3.31. The molecule has 1 aliphatic carbocycles. The van der Waals surface area contributed by atoms with Crippen molar-refractivity contribution in [2.24, 2.45) is 17.8 Å². The van der Waals surface area contributed by atoms with Crippen LogP contribution in [0.4, 0.5) is 4.39 Å². The number of carbonyl (C=O) groups excluding carboxylic acids is 1. The van der Waals surface area contributed by atoms with E-state index in [2.05, 4.69) is 13.8 Å². The molecule has 0 radical (unpaired) electrons. The summed E-state index contributed by atoms with van der Waals surface area (Å²) in [6.45, 7) is 4.43. The van der Waals surface area contributed by atoms with Crippen molar-refractivity contribution in [2.75, 3.05) is 0 Å². The van der Waals surface area contributed by atoms with Gasteiger partial charge in [0, 0.05) is 0 Å². The number of fused-ring (bicyclic) bond motifs is 1.